The number of aromatic nitrogens is 2. The highest BCUT2D eigenvalue weighted by molar-refractivity contribution is 7.99. The molecule has 17 heavy (non-hydrogen) atoms. The van der Waals surface area contributed by atoms with Crippen molar-refractivity contribution in [2.24, 2.45) is 0 Å². The van der Waals surface area contributed by atoms with Crippen LogP contribution < -0.4 is 5.32 Å². The highest BCUT2D eigenvalue weighted by Crippen LogP contribution is 2.19. The van der Waals surface area contributed by atoms with Gasteiger partial charge in [0.2, 0.25) is 0 Å². The molecule has 1 aromatic heterocycles. The maximum atomic E-state index is 4.61. The molecule has 0 aromatic carbocycles. The fourth-order valence-corrected chi connectivity index (χ4v) is 2.26. The Balaban J connectivity index is 2.72. The van der Waals surface area contributed by atoms with Gasteiger partial charge in [0.05, 0.1) is 5.75 Å². The molecule has 0 radical (unpaired) electrons. The first-order valence-electron chi connectivity index (χ1n) is 6.35. The van der Waals surface area contributed by atoms with Crippen LogP contribution in [-0.2, 0) is 12.2 Å². The van der Waals surface area contributed by atoms with Crippen molar-refractivity contribution < 1.29 is 0 Å². The van der Waals surface area contributed by atoms with Crippen molar-refractivity contribution in [2.45, 2.75) is 51.0 Å². The summed E-state index contributed by atoms with van der Waals surface area (Å²) in [7, 11) is 1.91. The molecule has 1 atom stereocenters. The van der Waals surface area contributed by atoms with E-state index >= 15 is 0 Å². The summed E-state index contributed by atoms with van der Waals surface area (Å²) in [5.74, 6) is 2.79. The average molecular weight is 253 g/mol. The van der Waals surface area contributed by atoms with Crippen molar-refractivity contribution >= 4 is 17.6 Å². The summed E-state index contributed by atoms with van der Waals surface area (Å²) in [6, 6.07) is 2.04. The molecule has 1 heterocycles. The molecular formula is C13H23N3S. The van der Waals surface area contributed by atoms with Gasteiger partial charge in [0.25, 0.3) is 0 Å². The molecule has 0 bridgehead atoms. The standard InChI is InChI=1S/C13H23N3S/c1-5-7-11-8-12(14-4)16-13(15-11)9-17-10(3)6-2/h8,10H,5-7,9H2,1-4H3,(H,14,15,16). The van der Waals surface area contributed by atoms with Gasteiger partial charge in [-0.05, 0) is 12.8 Å². The number of aryl methyl sites for hydroxylation is 1. The molecule has 96 valence electrons. The van der Waals surface area contributed by atoms with Crippen LogP contribution in [0.5, 0.6) is 0 Å². The van der Waals surface area contributed by atoms with E-state index in [4.69, 9.17) is 0 Å². The quantitative estimate of drug-likeness (QED) is 0.807. The summed E-state index contributed by atoms with van der Waals surface area (Å²) in [5.41, 5.74) is 1.15. The largest absolute Gasteiger partial charge is 0.373 e. The van der Waals surface area contributed by atoms with Crippen molar-refractivity contribution in [2.75, 3.05) is 12.4 Å². The zero-order chi connectivity index (χ0) is 12.7. The van der Waals surface area contributed by atoms with Crippen LogP contribution in [0, 0.1) is 0 Å². The van der Waals surface area contributed by atoms with E-state index in [9.17, 15) is 0 Å². The Bertz CT molecular complexity index is 341. The third-order valence-electron chi connectivity index (χ3n) is 2.66. The molecule has 1 aromatic rings. The van der Waals surface area contributed by atoms with Crippen LogP contribution in [0.4, 0.5) is 5.82 Å². The number of anilines is 1. The van der Waals surface area contributed by atoms with Crippen LogP contribution in [-0.4, -0.2) is 22.3 Å². The van der Waals surface area contributed by atoms with E-state index < -0.39 is 0 Å². The normalized spacial score (nSPS) is 12.5. The molecule has 0 saturated carbocycles. The topological polar surface area (TPSA) is 37.8 Å². The van der Waals surface area contributed by atoms with E-state index in [1.165, 1.54) is 6.42 Å². The molecule has 4 heteroatoms. The lowest BCUT2D eigenvalue weighted by Crippen LogP contribution is -2.04. The van der Waals surface area contributed by atoms with Crippen molar-refractivity contribution in [1.82, 2.24) is 9.97 Å². The molecule has 0 amide bonds. The molecule has 0 spiro atoms. The van der Waals surface area contributed by atoms with Crippen LogP contribution in [0.2, 0.25) is 0 Å². The lowest BCUT2D eigenvalue weighted by atomic mass is 10.2. The van der Waals surface area contributed by atoms with E-state index in [1.54, 1.807) is 0 Å². The van der Waals surface area contributed by atoms with Gasteiger partial charge >= 0.3 is 0 Å². The minimum Gasteiger partial charge on any atom is -0.373 e. The maximum absolute atomic E-state index is 4.61. The first-order chi connectivity index (χ1) is 8.19. The number of hydrogen-bond donors (Lipinski definition) is 1. The zero-order valence-electron chi connectivity index (χ0n) is 11.3. The number of thioether (sulfide) groups is 1. The lowest BCUT2D eigenvalue weighted by Gasteiger charge is -2.09. The minimum atomic E-state index is 0.673. The van der Waals surface area contributed by atoms with Crippen molar-refractivity contribution in [1.29, 1.82) is 0 Å². The summed E-state index contributed by atoms with van der Waals surface area (Å²) < 4.78 is 0. The number of nitrogens with one attached hydrogen (secondary N) is 1. The van der Waals surface area contributed by atoms with Gasteiger partial charge in [0, 0.05) is 24.1 Å². The Kier molecular flexibility index (Phi) is 6.34. The van der Waals surface area contributed by atoms with Gasteiger partial charge in [-0.15, -0.1) is 0 Å². The smallest absolute Gasteiger partial charge is 0.140 e. The van der Waals surface area contributed by atoms with Gasteiger partial charge in [0.1, 0.15) is 11.6 Å². The van der Waals surface area contributed by atoms with E-state index in [2.05, 4.69) is 36.1 Å². The third-order valence-corrected chi connectivity index (χ3v) is 3.99. The first kappa shape index (κ1) is 14.3. The number of rotatable bonds is 7. The Morgan fingerprint density at radius 2 is 2.12 bits per heavy atom. The number of nitrogens with zero attached hydrogens (tertiary/aromatic N) is 2. The van der Waals surface area contributed by atoms with Crippen LogP contribution in [0.3, 0.4) is 0 Å². The third kappa shape index (κ3) is 4.94. The molecule has 0 fully saturated rings. The van der Waals surface area contributed by atoms with E-state index in [1.807, 2.05) is 24.9 Å². The molecule has 1 N–H and O–H groups in total. The van der Waals surface area contributed by atoms with Crippen LogP contribution in [0.1, 0.15) is 45.1 Å². The van der Waals surface area contributed by atoms with E-state index in [0.717, 1.165) is 35.9 Å². The molecule has 0 aliphatic rings. The lowest BCUT2D eigenvalue weighted by molar-refractivity contribution is 0.852. The Hall–Kier alpha value is -0.770. The Morgan fingerprint density at radius 1 is 1.35 bits per heavy atom. The van der Waals surface area contributed by atoms with Crippen LogP contribution >= 0.6 is 11.8 Å². The van der Waals surface area contributed by atoms with Gasteiger partial charge in [0.15, 0.2) is 0 Å². The molecule has 3 nitrogen and oxygen atoms in total. The van der Waals surface area contributed by atoms with E-state index in [0.29, 0.717) is 5.25 Å². The molecule has 0 saturated heterocycles. The fourth-order valence-electron chi connectivity index (χ4n) is 1.46. The van der Waals surface area contributed by atoms with Gasteiger partial charge in [-0.25, -0.2) is 9.97 Å². The summed E-state index contributed by atoms with van der Waals surface area (Å²) >= 11 is 1.92. The average Bonchev–Trinajstić information content (AvgIpc) is 2.36. The summed E-state index contributed by atoms with van der Waals surface area (Å²) in [5, 5.41) is 3.78. The zero-order valence-corrected chi connectivity index (χ0v) is 12.1. The van der Waals surface area contributed by atoms with Crippen molar-refractivity contribution in [3.63, 3.8) is 0 Å². The molecule has 1 unspecified atom stereocenters. The fraction of sp³-hybridized carbons (Fsp3) is 0.692. The molecule has 0 aliphatic carbocycles. The van der Waals surface area contributed by atoms with Gasteiger partial charge in [-0.3, -0.25) is 0 Å². The Labute approximate surface area is 109 Å². The highest BCUT2D eigenvalue weighted by atomic mass is 32.2. The predicted molar refractivity (Wildman–Crippen MR) is 76.6 cm³/mol. The summed E-state index contributed by atoms with van der Waals surface area (Å²) in [6.45, 7) is 6.64. The van der Waals surface area contributed by atoms with Gasteiger partial charge in [-0.1, -0.05) is 27.2 Å². The SMILES string of the molecule is CCCc1cc(NC)nc(CSC(C)CC)n1. The second-order valence-corrected chi connectivity index (χ2v) is 5.62. The second kappa shape index (κ2) is 7.54. The molecular weight excluding hydrogens is 230 g/mol. The van der Waals surface area contributed by atoms with E-state index in [-0.39, 0.29) is 0 Å². The second-order valence-electron chi connectivity index (χ2n) is 4.19. The van der Waals surface area contributed by atoms with Gasteiger partial charge in [-0.2, -0.15) is 11.8 Å². The minimum absolute atomic E-state index is 0.673. The summed E-state index contributed by atoms with van der Waals surface area (Å²) in [4.78, 5) is 9.10. The van der Waals surface area contributed by atoms with Crippen LogP contribution in [0.25, 0.3) is 0 Å². The van der Waals surface area contributed by atoms with Crippen LogP contribution in [0.15, 0.2) is 6.07 Å². The first-order valence-corrected chi connectivity index (χ1v) is 7.40. The molecule has 1 rings (SSSR count). The molecule has 0 aliphatic heterocycles. The predicted octanol–water partition coefficient (Wildman–Crippen LogP) is 3.50. The number of hydrogen-bond acceptors (Lipinski definition) is 4. The Morgan fingerprint density at radius 3 is 2.71 bits per heavy atom. The van der Waals surface area contributed by atoms with Crippen molar-refractivity contribution in [3.8, 4) is 0 Å². The van der Waals surface area contributed by atoms with Gasteiger partial charge < -0.3 is 5.32 Å². The summed E-state index contributed by atoms with van der Waals surface area (Å²) in [6.07, 6.45) is 3.34. The highest BCUT2D eigenvalue weighted by Gasteiger charge is 2.06. The maximum Gasteiger partial charge on any atom is 0.140 e. The van der Waals surface area contributed by atoms with Crippen molar-refractivity contribution in [3.05, 3.63) is 17.6 Å². The monoisotopic (exact) mass is 253 g/mol.